The number of carbonyl (C=O) groups is 1. The number of hydrogen-bond acceptors (Lipinski definition) is 2. The third-order valence-electron chi connectivity index (χ3n) is 3.82. The summed E-state index contributed by atoms with van der Waals surface area (Å²) in [5.74, 6) is 1.45. The predicted octanol–water partition coefficient (Wildman–Crippen LogP) is 5.79. The lowest BCUT2D eigenvalue weighted by atomic mass is 9.86. The van der Waals surface area contributed by atoms with Crippen LogP contribution in [0, 0.1) is 12.8 Å². The van der Waals surface area contributed by atoms with E-state index in [4.69, 9.17) is 11.6 Å². The molecule has 1 aromatic carbocycles. The molecule has 0 N–H and O–H groups in total. The molecule has 0 fully saturated rings. The highest BCUT2D eigenvalue weighted by Gasteiger charge is 2.21. The van der Waals surface area contributed by atoms with Crippen molar-refractivity contribution in [3.05, 3.63) is 56.8 Å². The maximum absolute atomic E-state index is 11.5. The summed E-state index contributed by atoms with van der Waals surface area (Å²) in [5, 5.41) is 0. The topological polar surface area (TPSA) is 17.1 Å². The molecule has 0 saturated heterocycles. The number of benzene rings is 1. The van der Waals surface area contributed by atoms with Crippen molar-refractivity contribution >= 4 is 28.7 Å². The summed E-state index contributed by atoms with van der Waals surface area (Å²) >= 11 is 7.65. The highest BCUT2D eigenvalue weighted by atomic mass is 35.5. The predicted molar refractivity (Wildman–Crippen MR) is 91.7 cm³/mol. The third-order valence-corrected chi connectivity index (χ3v) is 5.38. The lowest BCUT2D eigenvalue weighted by molar-refractivity contribution is 0.102. The van der Waals surface area contributed by atoms with Crippen molar-refractivity contribution in [1.82, 2.24) is 0 Å². The number of thiophene rings is 1. The Morgan fingerprint density at radius 2 is 1.95 bits per heavy atom. The molecule has 1 aromatic heterocycles. The molecule has 2 aromatic rings. The van der Waals surface area contributed by atoms with Gasteiger partial charge in [0.2, 0.25) is 0 Å². The number of rotatable bonds is 5. The van der Waals surface area contributed by atoms with Crippen LogP contribution >= 0.6 is 22.9 Å². The Morgan fingerprint density at radius 1 is 1.24 bits per heavy atom. The van der Waals surface area contributed by atoms with Gasteiger partial charge in [0.1, 0.15) is 0 Å². The van der Waals surface area contributed by atoms with Crippen molar-refractivity contribution in [2.45, 2.75) is 39.5 Å². The van der Waals surface area contributed by atoms with Crippen LogP contribution < -0.4 is 0 Å². The SMILES string of the molecule is CC(=O)c1ccc([C@@H](c2ccc(C)c(CCl)c2)C(C)C)s1. The zero-order valence-electron chi connectivity index (χ0n) is 12.9. The van der Waals surface area contributed by atoms with Crippen LogP contribution in [0.4, 0.5) is 0 Å². The number of alkyl halides is 1. The summed E-state index contributed by atoms with van der Waals surface area (Å²) < 4.78 is 0. The van der Waals surface area contributed by atoms with Gasteiger partial charge in [-0.05, 0) is 48.6 Å². The quantitative estimate of drug-likeness (QED) is 0.503. The highest BCUT2D eigenvalue weighted by Crippen LogP contribution is 2.37. The van der Waals surface area contributed by atoms with Crippen molar-refractivity contribution in [1.29, 1.82) is 0 Å². The molecule has 3 heteroatoms. The highest BCUT2D eigenvalue weighted by molar-refractivity contribution is 7.14. The number of aryl methyl sites for hydroxylation is 1. The van der Waals surface area contributed by atoms with Gasteiger partial charge in [-0.2, -0.15) is 0 Å². The van der Waals surface area contributed by atoms with Crippen LogP contribution in [0.5, 0.6) is 0 Å². The van der Waals surface area contributed by atoms with Gasteiger partial charge in [-0.1, -0.05) is 32.0 Å². The molecule has 0 bridgehead atoms. The standard InChI is InChI=1S/C18H21ClOS/c1-11(2)18(17-8-7-16(21-17)13(4)20)14-6-5-12(3)15(9-14)10-19/h5-9,11,18H,10H2,1-4H3/t18-/m1/s1. The Balaban J connectivity index is 2.45. The molecular formula is C18H21ClOS. The average Bonchev–Trinajstić information content (AvgIpc) is 2.90. The zero-order valence-corrected chi connectivity index (χ0v) is 14.5. The Bertz CT molecular complexity index is 642. The molecular weight excluding hydrogens is 300 g/mol. The lowest BCUT2D eigenvalue weighted by Gasteiger charge is -2.21. The monoisotopic (exact) mass is 320 g/mol. The first-order valence-corrected chi connectivity index (χ1v) is 8.55. The van der Waals surface area contributed by atoms with Gasteiger partial charge in [-0.3, -0.25) is 4.79 Å². The second kappa shape index (κ2) is 6.76. The molecule has 1 nitrogen and oxygen atoms in total. The molecule has 1 atom stereocenters. The van der Waals surface area contributed by atoms with E-state index >= 15 is 0 Å². The van der Waals surface area contributed by atoms with Gasteiger partial charge in [0.15, 0.2) is 5.78 Å². The molecule has 0 aliphatic rings. The number of carbonyl (C=O) groups excluding carboxylic acids is 1. The fraction of sp³-hybridized carbons (Fsp3) is 0.389. The van der Waals surface area contributed by atoms with Gasteiger partial charge >= 0.3 is 0 Å². The second-order valence-corrected chi connectivity index (χ2v) is 7.18. The van der Waals surface area contributed by atoms with E-state index in [1.165, 1.54) is 21.6 Å². The molecule has 0 unspecified atom stereocenters. The van der Waals surface area contributed by atoms with Gasteiger partial charge in [0.05, 0.1) is 4.88 Å². The Kier molecular flexibility index (Phi) is 5.23. The zero-order chi connectivity index (χ0) is 15.6. The van der Waals surface area contributed by atoms with E-state index < -0.39 is 0 Å². The van der Waals surface area contributed by atoms with Crippen molar-refractivity contribution in [3.8, 4) is 0 Å². The third kappa shape index (κ3) is 3.56. The van der Waals surface area contributed by atoms with Crippen LogP contribution in [0.1, 0.15) is 57.9 Å². The fourth-order valence-electron chi connectivity index (χ4n) is 2.62. The first-order valence-electron chi connectivity index (χ1n) is 7.20. The molecule has 0 aliphatic carbocycles. The maximum Gasteiger partial charge on any atom is 0.169 e. The number of Topliss-reactive ketones (excluding diaryl/α,β-unsaturated/α-hetero) is 1. The van der Waals surface area contributed by atoms with Gasteiger partial charge in [0.25, 0.3) is 0 Å². The molecule has 112 valence electrons. The van der Waals surface area contributed by atoms with Crippen molar-refractivity contribution in [2.75, 3.05) is 0 Å². The summed E-state index contributed by atoms with van der Waals surface area (Å²) in [4.78, 5) is 13.6. The smallest absolute Gasteiger partial charge is 0.169 e. The minimum Gasteiger partial charge on any atom is -0.294 e. The summed E-state index contributed by atoms with van der Waals surface area (Å²) in [6.07, 6.45) is 0. The maximum atomic E-state index is 11.5. The second-order valence-electron chi connectivity index (χ2n) is 5.80. The van der Waals surface area contributed by atoms with Crippen LogP contribution in [0.3, 0.4) is 0 Å². The molecule has 0 saturated carbocycles. The minimum atomic E-state index is 0.138. The van der Waals surface area contributed by atoms with Crippen molar-refractivity contribution in [2.24, 2.45) is 5.92 Å². The van der Waals surface area contributed by atoms with E-state index in [0.29, 0.717) is 17.7 Å². The summed E-state index contributed by atoms with van der Waals surface area (Å²) in [6, 6.07) is 10.6. The first kappa shape index (κ1) is 16.3. The van der Waals surface area contributed by atoms with E-state index in [2.05, 4.69) is 45.0 Å². The number of ketones is 1. The lowest BCUT2D eigenvalue weighted by Crippen LogP contribution is -2.07. The van der Waals surface area contributed by atoms with E-state index in [1.54, 1.807) is 18.3 Å². The number of hydrogen-bond donors (Lipinski definition) is 0. The molecule has 0 radical (unpaired) electrons. The molecule has 2 rings (SSSR count). The van der Waals surface area contributed by atoms with Crippen LogP contribution in [0.15, 0.2) is 30.3 Å². The van der Waals surface area contributed by atoms with Crippen LogP contribution in [-0.2, 0) is 5.88 Å². The van der Waals surface area contributed by atoms with Gasteiger partial charge in [-0.25, -0.2) is 0 Å². The first-order chi connectivity index (χ1) is 9.93. The van der Waals surface area contributed by atoms with Crippen LogP contribution in [0.2, 0.25) is 0 Å². The summed E-state index contributed by atoms with van der Waals surface area (Å²) in [5.41, 5.74) is 3.69. The van der Waals surface area contributed by atoms with E-state index in [0.717, 1.165) is 4.88 Å². The van der Waals surface area contributed by atoms with E-state index in [1.807, 2.05) is 6.07 Å². The van der Waals surface area contributed by atoms with Gasteiger partial charge in [0, 0.05) is 16.7 Å². The Hall–Kier alpha value is -1.12. The van der Waals surface area contributed by atoms with E-state index in [9.17, 15) is 4.79 Å². The molecule has 0 amide bonds. The molecule has 1 heterocycles. The van der Waals surface area contributed by atoms with Crippen molar-refractivity contribution in [3.63, 3.8) is 0 Å². The van der Waals surface area contributed by atoms with Crippen molar-refractivity contribution < 1.29 is 4.79 Å². The van der Waals surface area contributed by atoms with Crippen LogP contribution in [-0.4, -0.2) is 5.78 Å². The Morgan fingerprint density at radius 3 is 2.48 bits per heavy atom. The van der Waals surface area contributed by atoms with Gasteiger partial charge < -0.3 is 0 Å². The fourth-order valence-corrected chi connectivity index (χ4v) is 4.11. The Labute approximate surface area is 136 Å². The van der Waals surface area contributed by atoms with Crippen LogP contribution in [0.25, 0.3) is 0 Å². The van der Waals surface area contributed by atoms with E-state index in [-0.39, 0.29) is 5.78 Å². The number of halogens is 1. The average molecular weight is 321 g/mol. The summed E-state index contributed by atoms with van der Waals surface area (Å²) in [7, 11) is 0. The largest absolute Gasteiger partial charge is 0.294 e. The molecule has 21 heavy (non-hydrogen) atoms. The normalized spacial score (nSPS) is 12.7. The molecule has 0 spiro atoms. The van der Waals surface area contributed by atoms with Gasteiger partial charge in [-0.15, -0.1) is 22.9 Å². The molecule has 0 aliphatic heterocycles. The summed E-state index contributed by atoms with van der Waals surface area (Å²) in [6.45, 7) is 8.15. The minimum absolute atomic E-state index is 0.138.